The average Bonchev–Trinajstić information content (AvgIpc) is 3.18. The maximum absolute atomic E-state index is 10.4. The molecule has 2 saturated carbocycles. The molecule has 4 heteroatoms. The van der Waals surface area contributed by atoms with Crippen LogP contribution in [0.2, 0.25) is 0 Å². The Bertz CT molecular complexity index is 1300. The van der Waals surface area contributed by atoms with Gasteiger partial charge in [0.2, 0.25) is 0 Å². The quantitative estimate of drug-likeness (QED) is 0.303. The first-order chi connectivity index (χ1) is 16.5. The van der Waals surface area contributed by atoms with Crippen molar-refractivity contribution >= 4 is 21.8 Å². The summed E-state index contributed by atoms with van der Waals surface area (Å²) in [4.78, 5) is 8.69. The summed E-state index contributed by atoms with van der Waals surface area (Å²) in [6.45, 7) is 2.32. The number of nitrogens with zero attached hydrogens (tertiary/aromatic N) is 2. The molecule has 4 nitrogen and oxygen atoms in total. The van der Waals surface area contributed by atoms with Gasteiger partial charge in [-0.2, -0.15) is 0 Å². The third-order valence-electron chi connectivity index (χ3n) is 9.00. The van der Waals surface area contributed by atoms with Crippen LogP contribution in [0.5, 0.6) is 5.75 Å². The fraction of sp³-hybridized carbons (Fsp3) is 0.400. The van der Waals surface area contributed by atoms with E-state index in [2.05, 4.69) is 47.2 Å². The lowest BCUT2D eigenvalue weighted by atomic mass is 9.55. The number of fused-ring (bicyclic) bond motifs is 8. The van der Waals surface area contributed by atoms with Crippen molar-refractivity contribution < 1.29 is 10.2 Å². The maximum Gasteiger partial charge on any atom is 0.115 e. The van der Waals surface area contributed by atoms with Crippen LogP contribution in [0.1, 0.15) is 56.1 Å². The Balaban J connectivity index is 0.000000136. The van der Waals surface area contributed by atoms with E-state index in [0.717, 1.165) is 47.0 Å². The number of phenols is 1. The summed E-state index contributed by atoms with van der Waals surface area (Å²) in [6, 6.07) is 18.1. The lowest BCUT2D eigenvalue weighted by molar-refractivity contribution is -0.0226. The molecule has 0 spiro atoms. The summed E-state index contributed by atoms with van der Waals surface area (Å²) in [5.41, 5.74) is 4.95. The highest BCUT2D eigenvalue weighted by molar-refractivity contribution is 6.02. The second-order valence-electron chi connectivity index (χ2n) is 10.7. The smallest absolute Gasteiger partial charge is 0.115 e. The van der Waals surface area contributed by atoms with E-state index in [4.69, 9.17) is 0 Å². The number of pyridine rings is 2. The normalized spacial score (nSPS) is 29.6. The summed E-state index contributed by atoms with van der Waals surface area (Å²) in [5, 5.41) is 22.3. The third-order valence-corrected chi connectivity index (χ3v) is 9.00. The van der Waals surface area contributed by atoms with Gasteiger partial charge in [0.05, 0.1) is 17.1 Å². The lowest BCUT2D eigenvalue weighted by Crippen LogP contribution is -2.43. The summed E-state index contributed by atoms with van der Waals surface area (Å²) < 4.78 is 0. The molecule has 7 rings (SSSR count). The van der Waals surface area contributed by atoms with Crippen LogP contribution in [0.15, 0.2) is 67.0 Å². The fourth-order valence-corrected chi connectivity index (χ4v) is 7.22. The monoisotopic (exact) mass is 452 g/mol. The van der Waals surface area contributed by atoms with E-state index in [1.807, 2.05) is 24.3 Å². The van der Waals surface area contributed by atoms with E-state index in [9.17, 15) is 10.2 Å². The molecule has 0 unspecified atom stereocenters. The minimum atomic E-state index is -0.0883. The molecule has 2 N–H and O–H groups in total. The Kier molecular flexibility index (Phi) is 5.29. The van der Waals surface area contributed by atoms with E-state index >= 15 is 0 Å². The number of aromatic nitrogens is 2. The van der Waals surface area contributed by atoms with Gasteiger partial charge in [-0.25, -0.2) is 0 Å². The number of benzene rings is 2. The molecule has 5 atom stereocenters. The van der Waals surface area contributed by atoms with Gasteiger partial charge in [0.1, 0.15) is 5.75 Å². The van der Waals surface area contributed by atoms with Crippen molar-refractivity contribution in [3.8, 4) is 5.75 Å². The molecule has 0 amide bonds. The Hall–Kier alpha value is -2.98. The first-order valence-electron chi connectivity index (χ1n) is 12.6. The van der Waals surface area contributed by atoms with E-state index < -0.39 is 0 Å². The largest absolute Gasteiger partial charge is 0.508 e. The number of phenolic OH excluding ortho intramolecular Hbond substituents is 1. The van der Waals surface area contributed by atoms with Gasteiger partial charge >= 0.3 is 0 Å². The Labute approximate surface area is 200 Å². The van der Waals surface area contributed by atoms with E-state index in [-0.39, 0.29) is 11.5 Å². The molecule has 34 heavy (non-hydrogen) atoms. The van der Waals surface area contributed by atoms with Crippen molar-refractivity contribution in [1.29, 1.82) is 0 Å². The zero-order valence-electron chi connectivity index (χ0n) is 19.7. The van der Waals surface area contributed by atoms with Gasteiger partial charge in [-0.05, 0) is 97.1 Å². The number of aromatic hydroxyl groups is 1. The molecule has 0 aliphatic heterocycles. The second kappa shape index (κ2) is 8.35. The highest BCUT2D eigenvalue weighted by atomic mass is 16.3. The van der Waals surface area contributed by atoms with Gasteiger partial charge in [0.15, 0.2) is 0 Å². The molecule has 0 radical (unpaired) electrons. The number of aliphatic hydroxyl groups excluding tert-OH is 1. The van der Waals surface area contributed by atoms with Crippen LogP contribution in [0.3, 0.4) is 0 Å². The van der Waals surface area contributed by atoms with Crippen LogP contribution >= 0.6 is 0 Å². The van der Waals surface area contributed by atoms with Crippen molar-refractivity contribution in [2.75, 3.05) is 0 Å². The highest BCUT2D eigenvalue weighted by Gasteiger charge is 2.54. The average molecular weight is 453 g/mol. The minimum Gasteiger partial charge on any atom is -0.508 e. The number of rotatable bonds is 0. The van der Waals surface area contributed by atoms with Gasteiger partial charge < -0.3 is 10.2 Å². The van der Waals surface area contributed by atoms with Gasteiger partial charge in [-0.15, -0.1) is 0 Å². The standard InChI is InChI=1S/C18H24O2.C12H8N2/c1-18-9-8-14-13-5-3-12(19)10-11(13)2-4-15(14)16(18)6-7-17(18)20;1-3-9-5-6-10-4-2-8-14-12(10)11(9)13-7-1/h3,5,10,14-17,19-20H,2,4,6-9H2,1H3;1-8H/t14-,15-,16+,17-,18+;/m1./s1. The summed E-state index contributed by atoms with van der Waals surface area (Å²) in [7, 11) is 0. The minimum absolute atomic E-state index is 0.0883. The van der Waals surface area contributed by atoms with E-state index in [0.29, 0.717) is 17.6 Å². The molecular weight excluding hydrogens is 420 g/mol. The van der Waals surface area contributed by atoms with E-state index in [1.165, 1.54) is 30.4 Å². The van der Waals surface area contributed by atoms with Crippen molar-refractivity contribution in [3.05, 3.63) is 78.1 Å². The Morgan fingerprint density at radius 3 is 2.26 bits per heavy atom. The van der Waals surface area contributed by atoms with Crippen LogP contribution in [-0.4, -0.2) is 26.3 Å². The predicted molar refractivity (Wildman–Crippen MR) is 136 cm³/mol. The lowest BCUT2D eigenvalue weighted by Gasteiger charge is -2.50. The first-order valence-corrected chi connectivity index (χ1v) is 12.6. The van der Waals surface area contributed by atoms with Crippen molar-refractivity contribution in [1.82, 2.24) is 9.97 Å². The van der Waals surface area contributed by atoms with Crippen LogP contribution in [0.4, 0.5) is 0 Å². The number of hydrogen-bond donors (Lipinski definition) is 2. The molecule has 2 fully saturated rings. The summed E-state index contributed by atoms with van der Waals surface area (Å²) in [6.07, 6.45) is 10.4. The van der Waals surface area contributed by atoms with Gasteiger partial charge in [-0.1, -0.05) is 37.3 Å². The van der Waals surface area contributed by atoms with Gasteiger partial charge in [0.25, 0.3) is 0 Å². The first kappa shape index (κ1) is 21.5. The number of aryl methyl sites for hydroxylation is 1. The van der Waals surface area contributed by atoms with Crippen molar-refractivity contribution in [2.45, 2.75) is 57.5 Å². The zero-order chi connectivity index (χ0) is 23.3. The topological polar surface area (TPSA) is 66.2 Å². The summed E-state index contributed by atoms with van der Waals surface area (Å²) in [5.74, 6) is 2.49. The molecular formula is C30H32N2O2. The molecule has 4 aromatic rings. The molecule has 3 aliphatic carbocycles. The maximum atomic E-state index is 10.4. The molecule has 2 heterocycles. The zero-order valence-corrected chi connectivity index (χ0v) is 19.7. The number of hydrogen-bond acceptors (Lipinski definition) is 4. The second-order valence-corrected chi connectivity index (χ2v) is 10.7. The molecule has 2 aromatic heterocycles. The third kappa shape index (κ3) is 3.47. The van der Waals surface area contributed by atoms with Crippen LogP contribution in [-0.2, 0) is 6.42 Å². The van der Waals surface area contributed by atoms with Crippen LogP contribution in [0.25, 0.3) is 21.8 Å². The summed E-state index contributed by atoms with van der Waals surface area (Å²) >= 11 is 0. The fourth-order valence-electron chi connectivity index (χ4n) is 7.22. The molecule has 0 saturated heterocycles. The Morgan fingerprint density at radius 1 is 0.853 bits per heavy atom. The molecule has 2 aromatic carbocycles. The van der Waals surface area contributed by atoms with Crippen molar-refractivity contribution in [3.63, 3.8) is 0 Å². The molecule has 174 valence electrons. The van der Waals surface area contributed by atoms with Gasteiger partial charge in [-0.3, -0.25) is 9.97 Å². The van der Waals surface area contributed by atoms with E-state index in [1.54, 1.807) is 12.4 Å². The van der Waals surface area contributed by atoms with Crippen LogP contribution < -0.4 is 0 Å². The Morgan fingerprint density at radius 2 is 1.56 bits per heavy atom. The molecule has 0 bridgehead atoms. The highest BCUT2D eigenvalue weighted by Crippen LogP contribution is 2.60. The molecule has 3 aliphatic rings. The van der Waals surface area contributed by atoms with Crippen LogP contribution in [0, 0.1) is 17.3 Å². The predicted octanol–water partition coefficient (Wildman–Crippen LogP) is 6.39. The number of aliphatic hydroxyl groups is 1. The van der Waals surface area contributed by atoms with Crippen molar-refractivity contribution in [2.24, 2.45) is 17.3 Å². The van der Waals surface area contributed by atoms with Gasteiger partial charge in [0, 0.05) is 23.2 Å². The SMILES string of the molecule is C[C@]12CC[C@@H]3c4ccc(O)cc4CC[C@H]3[C@@H]1CC[C@H]2O.c1cnc2c(c1)ccc1cccnc12.